The Morgan fingerprint density at radius 2 is 2.00 bits per heavy atom. The lowest BCUT2D eigenvalue weighted by Crippen LogP contribution is -2.34. The predicted molar refractivity (Wildman–Crippen MR) is 113 cm³/mol. The number of benzene rings is 1. The van der Waals surface area contributed by atoms with Crippen LogP contribution >= 0.6 is 22.7 Å². The lowest BCUT2D eigenvalue weighted by molar-refractivity contribution is -0.118. The van der Waals surface area contributed by atoms with Crippen LogP contribution in [0.1, 0.15) is 22.4 Å². The molecule has 0 saturated heterocycles. The molecule has 0 unspecified atom stereocenters. The van der Waals surface area contributed by atoms with Gasteiger partial charge in [-0.05, 0) is 69.5 Å². The summed E-state index contributed by atoms with van der Waals surface area (Å²) in [5, 5.41) is 2.83. The van der Waals surface area contributed by atoms with Crippen LogP contribution in [0.15, 0.2) is 29.6 Å². The molecule has 0 atom stereocenters. The third-order valence-corrected chi connectivity index (χ3v) is 6.14. The summed E-state index contributed by atoms with van der Waals surface area (Å²) < 4.78 is 1.15. The van der Waals surface area contributed by atoms with Gasteiger partial charge in [0.25, 0.3) is 0 Å². The Hall–Kier alpha value is -1.76. The minimum absolute atomic E-state index is 0.125. The molecule has 0 radical (unpaired) electrons. The Morgan fingerprint density at radius 1 is 1.19 bits per heavy atom. The number of amides is 1. The highest BCUT2D eigenvalue weighted by Crippen LogP contribution is 2.32. The first kappa shape index (κ1) is 19.0. The smallest absolute Gasteiger partial charge is 0.234 e. The van der Waals surface area contributed by atoms with Gasteiger partial charge in [-0.3, -0.25) is 9.69 Å². The number of fused-ring (bicyclic) bond motifs is 1. The number of hydrogen-bond acceptors (Lipinski definition) is 5. The topological polar surface area (TPSA) is 36.4 Å². The van der Waals surface area contributed by atoms with Crippen molar-refractivity contribution in [2.45, 2.75) is 26.7 Å². The average Bonchev–Trinajstić information content (AvgIpc) is 3.20. The molecule has 1 amide bonds. The highest BCUT2D eigenvalue weighted by atomic mass is 32.1. The van der Waals surface area contributed by atoms with Crippen molar-refractivity contribution in [3.05, 3.63) is 45.6 Å². The molecule has 3 aromatic rings. The molecule has 4 nitrogen and oxygen atoms in total. The quantitative estimate of drug-likeness (QED) is 0.599. The van der Waals surface area contributed by atoms with Crippen LogP contribution in [0.3, 0.4) is 0 Å². The largest absolute Gasteiger partial charge is 0.309 e. The second kappa shape index (κ2) is 8.29. The van der Waals surface area contributed by atoms with Crippen LogP contribution in [0.2, 0.25) is 0 Å². The number of rotatable bonds is 7. The molecule has 0 saturated carbocycles. The molecule has 0 fully saturated rings. The van der Waals surface area contributed by atoms with Gasteiger partial charge in [0.2, 0.25) is 5.91 Å². The molecular weight excluding hydrogens is 362 g/mol. The highest BCUT2D eigenvalue weighted by molar-refractivity contribution is 7.22. The summed E-state index contributed by atoms with van der Waals surface area (Å²) in [5.41, 5.74) is 3.41. The van der Waals surface area contributed by atoms with Crippen LogP contribution in [-0.4, -0.2) is 43.0 Å². The van der Waals surface area contributed by atoms with Crippen molar-refractivity contribution < 1.29 is 4.79 Å². The first-order valence-corrected chi connectivity index (χ1v) is 10.5. The SMILES string of the molecule is Cc1cc(C)c2nc(N(CCCN(C)C)C(=O)Cc3cccs3)sc2c1. The third-order valence-electron chi connectivity index (χ3n) is 4.24. The van der Waals surface area contributed by atoms with E-state index in [0.717, 1.165) is 33.2 Å². The molecule has 1 aromatic carbocycles. The van der Waals surface area contributed by atoms with E-state index in [4.69, 9.17) is 4.98 Å². The summed E-state index contributed by atoms with van der Waals surface area (Å²) in [4.78, 5) is 22.9. The van der Waals surface area contributed by atoms with E-state index in [0.29, 0.717) is 13.0 Å². The van der Waals surface area contributed by atoms with Gasteiger partial charge in [0.1, 0.15) is 0 Å². The number of thiazole rings is 1. The lowest BCUT2D eigenvalue weighted by Gasteiger charge is -2.20. The van der Waals surface area contributed by atoms with Crippen LogP contribution in [0.4, 0.5) is 5.13 Å². The maximum absolute atomic E-state index is 13.0. The summed E-state index contributed by atoms with van der Waals surface area (Å²) in [5.74, 6) is 0.125. The zero-order valence-electron chi connectivity index (χ0n) is 15.8. The molecular formula is C20H25N3OS2. The molecule has 3 rings (SSSR count). The molecule has 0 aliphatic rings. The maximum atomic E-state index is 13.0. The van der Waals surface area contributed by atoms with E-state index in [9.17, 15) is 4.79 Å². The van der Waals surface area contributed by atoms with Gasteiger partial charge in [0, 0.05) is 11.4 Å². The van der Waals surface area contributed by atoms with Crippen molar-refractivity contribution in [1.29, 1.82) is 0 Å². The molecule has 2 heterocycles. The minimum atomic E-state index is 0.125. The van der Waals surface area contributed by atoms with Gasteiger partial charge in [-0.15, -0.1) is 11.3 Å². The number of thiophene rings is 1. The fourth-order valence-electron chi connectivity index (χ4n) is 3.00. The zero-order valence-corrected chi connectivity index (χ0v) is 17.4. The summed E-state index contributed by atoms with van der Waals surface area (Å²) in [7, 11) is 4.11. The molecule has 6 heteroatoms. The molecule has 0 bridgehead atoms. The number of aromatic nitrogens is 1. The van der Waals surface area contributed by atoms with Crippen LogP contribution in [-0.2, 0) is 11.2 Å². The van der Waals surface area contributed by atoms with Crippen molar-refractivity contribution in [2.24, 2.45) is 0 Å². The minimum Gasteiger partial charge on any atom is -0.309 e. The van der Waals surface area contributed by atoms with Crippen LogP contribution in [0, 0.1) is 13.8 Å². The summed E-state index contributed by atoms with van der Waals surface area (Å²) in [6, 6.07) is 8.32. The van der Waals surface area contributed by atoms with Gasteiger partial charge in [-0.1, -0.05) is 23.5 Å². The Kier molecular flexibility index (Phi) is 6.06. The number of aryl methyl sites for hydroxylation is 2. The van der Waals surface area contributed by atoms with Crippen molar-refractivity contribution in [2.75, 3.05) is 32.1 Å². The summed E-state index contributed by atoms with van der Waals surface area (Å²) in [6.07, 6.45) is 1.37. The second-order valence-corrected chi connectivity index (χ2v) is 8.92. The van der Waals surface area contributed by atoms with Gasteiger partial charge < -0.3 is 4.90 Å². The van der Waals surface area contributed by atoms with Gasteiger partial charge in [-0.25, -0.2) is 4.98 Å². The molecule has 0 N–H and O–H groups in total. The van der Waals surface area contributed by atoms with E-state index >= 15 is 0 Å². The first-order chi connectivity index (χ1) is 12.4. The van der Waals surface area contributed by atoms with E-state index in [1.54, 1.807) is 22.7 Å². The molecule has 0 aliphatic carbocycles. The number of anilines is 1. The standard InChI is InChI=1S/C20H25N3OS2/c1-14-11-15(2)19-17(12-14)26-20(21-19)23(9-6-8-22(3)4)18(24)13-16-7-5-10-25-16/h5,7,10-12H,6,8-9,13H2,1-4H3. The molecule has 2 aromatic heterocycles. The van der Waals surface area contributed by atoms with Gasteiger partial charge in [0.05, 0.1) is 16.6 Å². The number of carbonyl (C=O) groups excluding carboxylic acids is 1. The fourth-order valence-corrected chi connectivity index (χ4v) is 4.88. The normalized spacial score (nSPS) is 11.4. The summed E-state index contributed by atoms with van der Waals surface area (Å²) >= 11 is 3.25. The zero-order chi connectivity index (χ0) is 18.7. The van der Waals surface area contributed by atoms with Crippen molar-refractivity contribution >= 4 is 43.9 Å². The van der Waals surface area contributed by atoms with E-state index < -0.39 is 0 Å². The van der Waals surface area contributed by atoms with Crippen LogP contribution in [0.5, 0.6) is 0 Å². The molecule has 138 valence electrons. The Morgan fingerprint density at radius 3 is 2.69 bits per heavy atom. The van der Waals surface area contributed by atoms with E-state index in [1.165, 1.54) is 11.1 Å². The second-order valence-electron chi connectivity index (χ2n) is 6.88. The van der Waals surface area contributed by atoms with E-state index in [2.05, 4.69) is 45.0 Å². The van der Waals surface area contributed by atoms with E-state index in [1.807, 2.05) is 22.4 Å². The van der Waals surface area contributed by atoms with Gasteiger partial charge in [0.15, 0.2) is 5.13 Å². The van der Waals surface area contributed by atoms with Crippen molar-refractivity contribution in [3.63, 3.8) is 0 Å². The van der Waals surface area contributed by atoms with Gasteiger partial charge >= 0.3 is 0 Å². The Labute approximate surface area is 163 Å². The number of nitrogens with zero attached hydrogens (tertiary/aromatic N) is 3. The van der Waals surface area contributed by atoms with Crippen molar-refractivity contribution in [1.82, 2.24) is 9.88 Å². The number of carbonyl (C=O) groups is 1. The van der Waals surface area contributed by atoms with E-state index in [-0.39, 0.29) is 5.91 Å². The molecule has 0 aliphatic heterocycles. The molecule has 26 heavy (non-hydrogen) atoms. The predicted octanol–water partition coefficient (Wildman–Crippen LogP) is 4.50. The first-order valence-electron chi connectivity index (χ1n) is 8.79. The Bertz CT molecular complexity index is 884. The van der Waals surface area contributed by atoms with Gasteiger partial charge in [-0.2, -0.15) is 0 Å². The maximum Gasteiger partial charge on any atom is 0.234 e. The fraction of sp³-hybridized carbons (Fsp3) is 0.400. The average molecular weight is 388 g/mol. The van der Waals surface area contributed by atoms with Crippen LogP contribution < -0.4 is 4.90 Å². The monoisotopic (exact) mass is 387 g/mol. The van der Waals surface area contributed by atoms with Crippen molar-refractivity contribution in [3.8, 4) is 0 Å². The highest BCUT2D eigenvalue weighted by Gasteiger charge is 2.21. The molecule has 0 spiro atoms. The summed E-state index contributed by atoms with van der Waals surface area (Å²) in [6.45, 7) is 5.83. The lowest BCUT2D eigenvalue weighted by atomic mass is 10.1. The number of hydrogen-bond donors (Lipinski definition) is 0. The van der Waals surface area contributed by atoms with Crippen LogP contribution in [0.25, 0.3) is 10.2 Å². The third kappa shape index (κ3) is 4.50. The Balaban J connectivity index is 1.88.